The van der Waals surface area contributed by atoms with Crippen LogP contribution in [0.4, 0.5) is 22.0 Å². The van der Waals surface area contributed by atoms with Crippen LogP contribution in [-0.2, 0) is 12.6 Å². The Morgan fingerprint density at radius 3 is 2.38 bits per heavy atom. The summed E-state index contributed by atoms with van der Waals surface area (Å²) in [6, 6.07) is 6.87. The highest BCUT2D eigenvalue weighted by Crippen LogP contribution is 2.31. The molecule has 21 heavy (non-hydrogen) atoms. The van der Waals surface area contributed by atoms with E-state index in [1.165, 1.54) is 6.07 Å². The molecule has 2 aromatic rings. The van der Waals surface area contributed by atoms with Crippen molar-refractivity contribution in [2.45, 2.75) is 18.7 Å². The van der Waals surface area contributed by atoms with Crippen LogP contribution in [-0.4, -0.2) is 5.11 Å². The summed E-state index contributed by atoms with van der Waals surface area (Å²) in [6.45, 7) is 0. The molecule has 0 saturated heterocycles. The molecule has 0 aliphatic carbocycles. The SMILES string of the molecule is OC(Cc1cc(F)ccc1F)c1cccc(C(F)(F)F)c1. The second-order valence-corrected chi connectivity index (χ2v) is 4.58. The summed E-state index contributed by atoms with van der Waals surface area (Å²) in [5.41, 5.74) is -1.01. The lowest BCUT2D eigenvalue weighted by molar-refractivity contribution is -0.137. The standard InChI is InChI=1S/C15H11F5O/c16-12-4-5-13(17)10(7-12)8-14(21)9-2-1-3-11(6-9)15(18,19)20/h1-7,14,21H,8H2. The van der Waals surface area contributed by atoms with Gasteiger partial charge in [-0.1, -0.05) is 12.1 Å². The van der Waals surface area contributed by atoms with Crippen molar-refractivity contribution in [3.63, 3.8) is 0 Å². The van der Waals surface area contributed by atoms with Gasteiger partial charge in [0.15, 0.2) is 0 Å². The summed E-state index contributed by atoms with van der Waals surface area (Å²) in [5, 5.41) is 9.92. The average Bonchev–Trinajstić information content (AvgIpc) is 2.42. The van der Waals surface area contributed by atoms with Gasteiger partial charge in [-0.3, -0.25) is 0 Å². The predicted octanol–water partition coefficient (Wildman–Crippen LogP) is 4.26. The maximum absolute atomic E-state index is 13.5. The normalized spacial score (nSPS) is 13.2. The van der Waals surface area contributed by atoms with Gasteiger partial charge in [0.05, 0.1) is 11.7 Å². The van der Waals surface area contributed by atoms with E-state index in [4.69, 9.17) is 0 Å². The quantitative estimate of drug-likeness (QED) is 0.840. The van der Waals surface area contributed by atoms with Gasteiger partial charge in [0.1, 0.15) is 11.6 Å². The number of hydrogen-bond acceptors (Lipinski definition) is 1. The minimum absolute atomic E-state index is 0.00603. The Morgan fingerprint density at radius 2 is 1.71 bits per heavy atom. The molecule has 2 rings (SSSR count). The van der Waals surface area contributed by atoms with Crippen LogP contribution in [0.3, 0.4) is 0 Å². The number of hydrogen-bond donors (Lipinski definition) is 1. The predicted molar refractivity (Wildman–Crippen MR) is 66.5 cm³/mol. The number of aliphatic hydroxyl groups is 1. The fraction of sp³-hybridized carbons (Fsp3) is 0.200. The zero-order chi connectivity index (χ0) is 15.6. The van der Waals surface area contributed by atoms with Gasteiger partial charge in [0, 0.05) is 6.42 Å². The minimum atomic E-state index is -4.53. The maximum atomic E-state index is 13.5. The molecule has 0 fully saturated rings. The van der Waals surface area contributed by atoms with Crippen LogP contribution in [0, 0.1) is 11.6 Å². The fourth-order valence-corrected chi connectivity index (χ4v) is 1.95. The molecule has 0 heterocycles. The van der Waals surface area contributed by atoms with Crippen molar-refractivity contribution >= 4 is 0 Å². The highest BCUT2D eigenvalue weighted by atomic mass is 19.4. The Bertz CT molecular complexity index is 636. The number of rotatable bonds is 3. The molecular formula is C15H11F5O. The van der Waals surface area contributed by atoms with Crippen LogP contribution in [0.15, 0.2) is 42.5 Å². The second-order valence-electron chi connectivity index (χ2n) is 4.58. The molecule has 0 aliphatic rings. The third kappa shape index (κ3) is 3.78. The van der Waals surface area contributed by atoms with E-state index in [1.54, 1.807) is 0 Å². The maximum Gasteiger partial charge on any atom is 0.416 e. The highest BCUT2D eigenvalue weighted by molar-refractivity contribution is 5.29. The summed E-state index contributed by atoms with van der Waals surface area (Å²) < 4.78 is 64.2. The summed E-state index contributed by atoms with van der Waals surface area (Å²) in [7, 11) is 0. The molecule has 2 aromatic carbocycles. The number of halogens is 5. The van der Waals surface area contributed by atoms with Gasteiger partial charge in [0.25, 0.3) is 0 Å². The van der Waals surface area contributed by atoms with Crippen LogP contribution in [0.5, 0.6) is 0 Å². The van der Waals surface area contributed by atoms with Crippen molar-refractivity contribution in [2.75, 3.05) is 0 Å². The smallest absolute Gasteiger partial charge is 0.388 e. The van der Waals surface area contributed by atoms with Crippen LogP contribution >= 0.6 is 0 Å². The van der Waals surface area contributed by atoms with E-state index in [0.717, 1.165) is 36.4 Å². The summed E-state index contributed by atoms with van der Waals surface area (Å²) in [4.78, 5) is 0. The zero-order valence-electron chi connectivity index (χ0n) is 10.7. The number of alkyl halides is 3. The van der Waals surface area contributed by atoms with E-state index in [-0.39, 0.29) is 17.5 Å². The van der Waals surface area contributed by atoms with Crippen molar-refractivity contribution in [1.82, 2.24) is 0 Å². The van der Waals surface area contributed by atoms with Crippen LogP contribution < -0.4 is 0 Å². The van der Waals surface area contributed by atoms with E-state index in [2.05, 4.69) is 0 Å². The summed E-state index contributed by atoms with van der Waals surface area (Å²) in [5.74, 6) is -1.40. The molecular weight excluding hydrogens is 291 g/mol. The molecule has 1 N–H and O–H groups in total. The molecule has 0 bridgehead atoms. The largest absolute Gasteiger partial charge is 0.416 e. The van der Waals surface area contributed by atoms with Crippen LogP contribution in [0.1, 0.15) is 22.8 Å². The number of aliphatic hydroxyl groups excluding tert-OH is 1. The highest BCUT2D eigenvalue weighted by Gasteiger charge is 2.30. The van der Waals surface area contributed by atoms with Crippen molar-refractivity contribution in [1.29, 1.82) is 0 Å². The van der Waals surface area contributed by atoms with E-state index < -0.39 is 29.5 Å². The molecule has 0 aliphatic heterocycles. The summed E-state index contributed by atoms with van der Waals surface area (Å²) in [6.07, 6.45) is -6.20. The van der Waals surface area contributed by atoms with Crippen molar-refractivity contribution in [3.05, 3.63) is 70.8 Å². The molecule has 0 saturated carbocycles. The first-order chi connectivity index (χ1) is 9.77. The van der Waals surface area contributed by atoms with E-state index in [1.807, 2.05) is 0 Å². The van der Waals surface area contributed by atoms with Gasteiger partial charge in [-0.05, 0) is 41.5 Å². The average molecular weight is 302 g/mol. The molecule has 6 heteroatoms. The molecule has 0 radical (unpaired) electrons. The van der Waals surface area contributed by atoms with E-state index in [0.29, 0.717) is 0 Å². The van der Waals surface area contributed by atoms with Crippen LogP contribution in [0.25, 0.3) is 0 Å². The lowest BCUT2D eigenvalue weighted by Gasteiger charge is -2.14. The van der Waals surface area contributed by atoms with E-state index in [9.17, 15) is 27.1 Å². The molecule has 0 amide bonds. The van der Waals surface area contributed by atoms with Gasteiger partial charge in [-0.25, -0.2) is 8.78 Å². The van der Waals surface area contributed by atoms with Gasteiger partial charge < -0.3 is 5.11 Å². The fourth-order valence-electron chi connectivity index (χ4n) is 1.95. The van der Waals surface area contributed by atoms with Crippen LogP contribution in [0.2, 0.25) is 0 Å². The monoisotopic (exact) mass is 302 g/mol. The molecule has 1 unspecified atom stereocenters. The number of benzene rings is 2. The molecule has 1 atom stereocenters. The van der Waals surface area contributed by atoms with Crippen molar-refractivity contribution in [2.24, 2.45) is 0 Å². The molecule has 0 aromatic heterocycles. The third-order valence-electron chi connectivity index (χ3n) is 3.02. The lowest BCUT2D eigenvalue weighted by atomic mass is 9.99. The molecule has 1 nitrogen and oxygen atoms in total. The molecule has 112 valence electrons. The van der Waals surface area contributed by atoms with Gasteiger partial charge in [0.2, 0.25) is 0 Å². The topological polar surface area (TPSA) is 20.2 Å². The second kappa shape index (κ2) is 5.81. The first-order valence-electron chi connectivity index (χ1n) is 6.06. The molecule has 0 spiro atoms. The van der Waals surface area contributed by atoms with Crippen molar-refractivity contribution < 1.29 is 27.1 Å². The minimum Gasteiger partial charge on any atom is -0.388 e. The van der Waals surface area contributed by atoms with Gasteiger partial charge in [-0.15, -0.1) is 0 Å². The lowest BCUT2D eigenvalue weighted by Crippen LogP contribution is -2.08. The Labute approximate surface area is 117 Å². The van der Waals surface area contributed by atoms with Gasteiger partial charge in [-0.2, -0.15) is 13.2 Å². The Hall–Kier alpha value is -1.95. The Morgan fingerprint density at radius 1 is 1.00 bits per heavy atom. The van der Waals surface area contributed by atoms with Crippen molar-refractivity contribution in [3.8, 4) is 0 Å². The first-order valence-corrected chi connectivity index (χ1v) is 6.06. The summed E-state index contributed by atoms with van der Waals surface area (Å²) >= 11 is 0. The van der Waals surface area contributed by atoms with Gasteiger partial charge >= 0.3 is 6.18 Å². The van der Waals surface area contributed by atoms with E-state index >= 15 is 0 Å². The third-order valence-corrected chi connectivity index (χ3v) is 3.02. The Kier molecular flexibility index (Phi) is 4.27. The zero-order valence-corrected chi connectivity index (χ0v) is 10.7. The first kappa shape index (κ1) is 15.4. The Balaban J connectivity index is 2.24.